The van der Waals surface area contributed by atoms with E-state index in [1.807, 2.05) is 37.3 Å². The standard InChI is InChI=1S/C21H26N2O4S/c1-2-20(18-6-4-3-5-7-18)21(24)22-16-17-8-10-19(11-9-17)28(25,26)23-12-14-27-15-13-23/h3-11,20H,2,12-16H2,1H3,(H,22,24). The van der Waals surface area contributed by atoms with Gasteiger partial charge in [-0.1, -0.05) is 49.4 Å². The summed E-state index contributed by atoms with van der Waals surface area (Å²) in [5.41, 5.74) is 1.85. The molecule has 1 aliphatic rings. The van der Waals surface area contributed by atoms with Gasteiger partial charge in [0.05, 0.1) is 24.0 Å². The minimum absolute atomic E-state index is 0.0290. The Hall–Kier alpha value is -2.22. The van der Waals surface area contributed by atoms with E-state index in [1.54, 1.807) is 24.3 Å². The Morgan fingerprint density at radius 3 is 2.32 bits per heavy atom. The Morgan fingerprint density at radius 1 is 1.07 bits per heavy atom. The van der Waals surface area contributed by atoms with Crippen LogP contribution in [0.2, 0.25) is 0 Å². The van der Waals surface area contributed by atoms with E-state index >= 15 is 0 Å². The van der Waals surface area contributed by atoms with Crippen LogP contribution in [0, 0.1) is 0 Å². The molecule has 0 aromatic heterocycles. The Morgan fingerprint density at radius 2 is 1.71 bits per heavy atom. The zero-order chi connectivity index (χ0) is 20.0. The monoisotopic (exact) mass is 402 g/mol. The van der Waals surface area contributed by atoms with Crippen molar-refractivity contribution in [3.05, 3.63) is 65.7 Å². The van der Waals surface area contributed by atoms with Gasteiger partial charge < -0.3 is 10.1 Å². The van der Waals surface area contributed by atoms with Gasteiger partial charge in [0.25, 0.3) is 0 Å². The molecule has 0 bridgehead atoms. The number of hydrogen-bond acceptors (Lipinski definition) is 4. The van der Waals surface area contributed by atoms with Gasteiger partial charge in [-0.2, -0.15) is 4.31 Å². The number of sulfonamides is 1. The first-order valence-electron chi connectivity index (χ1n) is 9.52. The van der Waals surface area contributed by atoms with Crippen LogP contribution in [-0.4, -0.2) is 44.9 Å². The number of benzene rings is 2. The summed E-state index contributed by atoms with van der Waals surface area (Å²) in [5.74, 6) is -0.221. The van der Waals surface area contributed by atoms with Crippen LogP contribution < -0.4 is 5.32 Å². The molecule has 0 aliphatic carbocycles. The molecule has 6 nitrogen and oxygen atoms in total. The Balaban J connectivity index is 1.62. The number of morpholine rings is 1. The van der Waals surface area contributed by atoms with Crippen molar-refractivity contribution in [2.75, 3.05) is 26.3 Å². The fourth-order valence-corrected chi connectivity index (χ4v) is 4.69. The van der Waals surface area contributed by atoms with Crippen LogP contribution in [0.1, 0.15) is 30.4 Å². The molecule has 1 atom stereocenters. The molecule has 1 heterocycles. The zero-order valence-corrected chi connectivity index (χ0v) is 16.8. The SMILES string of the molecule is CCC(C(=O)NCc1ccc(S(=O)(=O)N2CCOCC2)cc1)c1ccccc1. The summed E-state index contributed by atoms with van der Waals surface area (Å²) >= 11 is 0. The van der Waals surface area contributed by atoms with Gasteiger partial charge in [-0.05, 0) is 29.7 Å². The maximum Gasteiger partial charge on any atom is 0.243 e. The van der Waals surface area contributed by atoms with Crippen molar-refractivity contribution in [2.24, 2.45) is 0 Å². The second-order valence-corrected chi connectivity index (χ2v) is 8.69. The predicted octanol–water partition coefficient (Wildman–Crippen LogP) is 2.52. The third-order valence-electron chi connectivity index (χ3n) is 4.92. The van der Waals surface area contributed by atoms with Crippen molar-refractivity contribution in [2.45, 2.75) is 30.7 Å². The quantitative estimate of drug-likeness (QED) is 0.772. The van der Waals surface area contributed by atoms with Crippen LogP contribution in [0.25, 0.3) is 0 Å². The average molecular weight is 403 g/mol. The zero-order valence-electron chi connectivity index (χ0n) is 16.0. The molecule has 2 aromatic carbocycles. The van der Waals surface area contributed by atoms with Gasteiger partial charge in [0.2, 0.25) is 15.9 Å². The highest BCUT2D eigenvalue weighted by molar-refractivity contribution is 7.89. The highest BCUT2D eigenvalue weighted by Gasteiger charge is 2.26. The number of hydrogen-bond donors (Lipinski definition) is 1. The second-order valence-electron chi connectivity index (χ2n) is 6.75. The minimum atomic E-state index is -3.50. The maximum absolute atomic E-state index is 12.7. The molecule has 0 spiro atoms. The topological polar surface area (TPSA) is 75.7 Å². The van der Waals surface area contributed by atoms with E-state index in [9.17, 15) is 13.2 Å². The summed E-state index contributed by atoms with van der Waals surface area (Å²) in [6.45, 7) is 3.94. The van der Waals surface area contributed by atoms with E-state index in [2.05, 4.69) is 5.32 Å². The molecule has 1 saturated heterocycles. The number of carbonyl (C=O) groups excluding carboxylic acids is 1. The predicted molar refractivity (Wildman–Crippen MR) is 107 cm³/mol. The molecule has 1 N–H and O–H groups in total. The molecule has 1 amide bonds. The third-order valence-corrected chi connectivity index (χ3v) is 6.84. The molecule has 0 radical (unpaired) electrons. The largest absolute Gasteiger partial charge is 0.379 e. The summed E-state index contributed by atoms with van der Waals surface area (Å²) in [6, 6.07) is 16.4. The lowest BCUT2D eigenvalue weighted by atomic mass is 9.95. The summed E-state index contributed by atoms with van der Waals surface area (Å²) in [5, 5.41) is 2.95. The van der Waals surface area contributed by atoms with E-state index in [1.165, 1.54) is 4.31 Å². The van der Waals surface area contributed by atoms with E-state index < -0.39 is 10.0 Å². The fraction of sp³-hybridized carbons (Fsp3) is 0.381. The molecule has 3 rings (SSSR count). The van der Waals surface area contributed by atoms with Gasteiger partial charge in [-0.15, -0.1) is 0 Å². The van der Waals surface area contributed by atoms with Crippen molar-refractivity contribution >= 4 is 15.9 Å². The van der Waals surface area contributed by atoms with E-state index in [-0.39, 0.29) is 16.7 Å². The Bertz CT molecular complexity index is 876. The second kappa shape index (κ2) is 9.32. The fourth-order valence-electron chi connectivity index (χ4n) is 3.29. The number of amides is 1. The first kappa shape index (κ1) is 20.5. The molecule has 2 aromatic rings. The summed E-state index contributed by atoms with van der Waals surface area (Å²) < 4.78 is 32.0. The van der Waals surface area contributed by atoms with Crippen molar-refractivity contribution in [3.8, 4) is 0 Å². The molecule has 1 fully saturated rings. The van der Waals surface area contributed by atoms with Gasteiger partial charge in [0.1, 0.15) is 0 Å². The summed E-state index contributed by atoms with van der Waals surface area (Å²) in [7, 11) is -3.50. The normalized spacial score (nSPS) is 16.5. The van der Waals surface area contributed by atoms with Crippen LogP contribution >= 0.6 is 0 Å². The molecule has 28 heavy (non-hydrogen) atoms. The number of nitrogens with zero attached hydrogens (tertiary/aromatic N) is 1. The van der Waals surface area contributed by atoms with Crippen molar-refractivity contribution in [3.63, 3.8) is 0 Å². The molecule has 7 heteroatoms. The molecule has 1 unspecified atom stereocenters. The molecule has 0 saturated carbocycles. The van der Waals surface area contributed by atoms with Gasteiger partial charge in [0, 0.05) is 19.6 Å². The van der Waals surface area contributed by atoms with Crippen molar-refractivity contribution in [1.82, 2.24) is 9.62 Å². The highest BCUT2D eigenvalue weighted by Crippen LogP contribution is 2.20. The lowest BCUT2D eigenvalue weighted by molar-refractivity contribution is -0.122. The van der Waals surface area contributed by atoms with Crippen molar-refractivity contribution < 1.29 is 17.9 Å². The third kappa shape index (κ3) is 4.79. The van der Waals surface area contributed by atoms with Crippen molar-refractivity contribution in [1.29, 1.82) is 0 Å². The molecule has 150 valence electrons. The lowest BCUT2D eigenvalue weighted by Crippen LogP contribution is -2.40. The van der Waals surface area contributed by atoms with E-state index in [0.29, 0.717) is 39.3 Å². The number of rotatable bonds is 7. The molecular formula is C21H26N2O4S. The van der Waals surface area contributed by atoms with Crippen LogP contribution in [0.5, 0.6) is 0 Å². The summed E-state index contributed by atoms with van der Waals surface area (Å²) in [4.78, 5) is 12.8. The van der Waals surface area contributed by atoms with Gasteiger partial charge in [-0.3, -0.25) is 4.79 Å². The van der Waals surface area contributed by atoms with Crippen LogP contribution in [-0.2, 0) is 26.1 Å². The molecule has 1 aliphatic heterocycles. The first-order valence-corrected chi connectivity index (χ1v) is 11.0. The molecular weight excluding hydrogens is 376 g/mol. The van der Waals surface area contributed by atoms with Gasteiger partial charge in [-0.25, -0.2) is 8.42 Å². The van der Waals surface area contributed by atoms with E-state index in [4.69, 9.17) is 4.74 Å². The minimum Gasteiger partial charge on any atom is -0.379 e. The smallest absolute Gasteiger partial charge is 0.243 e. The number of ether oxygens (including phenoxy) is 1. The lowest BCUT2D eigenvalue weighted by Gasteiger charge is -2.26. The van der Waals surface area contributed by atoms with Crippen LogP contribution in [0.4, 0.5) is 0 Å². The number of nitrogens with one attached hydrogen (secondary N) is 1. The Labute approximate surface area is 166 Å². The first-order chi connectivity index (χ1) is 13.5. The van der Waals surface area contributed by atoms with Gasteiger partial charge in [0.15, 0.2) is 0 Å². The van der Waals surface area contributed by atoms with Crippen LogP contribution in [0.3, 0.4) is 0 Å². The van der Waals surface area contributed by atoms with Crippen LogP contribution in [0.15, 0.2) is 59.5 Å². The maximum atomic E-state index is 12.7. The average Bonchev–Trinajstić information content (AvgIpc) is 2.74. The highest BCUT2D eigenvalue weighted by atomic mass is 32.2. The van der Waals surface area contributed by atoms with E-state index in [0.717, 1.165) is 11.1 Å². The Kier molecular flexibility index (Phi) is 6.83. The van der Waals surface area contributed by atoms with Gasteiger partial charge >= 0.3 is 0 Å². The number of carbonyl (C=O) groups is 1. The summed E-state index contributed by atoms with van der Waals surface area (Å²) in [6.07, 6.45) is 0.715.